The van der Waals surface area contributed by atoms with Crippen molar-refractivity contribution in [3.63, 3.8) is 0 Å². The van der Waals surface area contributed by atoms with Crippen molar-refractivity contribution in [3.05, 3.63) is 90.0 Å². The van der Waals surface area contributed by atoms with Crippen LogP contribution in [-0.2, 0) is 10.0 Å². The Morgan fingerprint density at radius 3 is 2.41 bits per heavy atom. The van der Waals surface area contributed by atoms with E-state index in [9.17, 15) is 13.2 Å². The lowest BCUT2D eigenvalue weighted by Crippen LogP contribution is -2.26. The van der Waals surface area contributed by atoms with Crippen molar-refractivity contribution >= 4 is 33.4 Å². The summed E-state index contributed by atoms with van der Waals surface area (Å²) >= 11 is 1.65. The van der Waals surface area contributed by atoms with Gasteiger partial charge in [0.2, 0.25) is 0 Å². The third-order valence-corrected chi connectivity index (χ3v) is 6.57. The molecule has 2 N–H and O–H groups in total. The van der Waals surface area contributed by atoms with Crippen LogP contribution in [0.5, 0.6) is 0 Å². The Kier molecular flexibility index (Phi) is 6.95. The largest absolute Gasteiger partial charge is 0.351 e. The second-order valence-corrected chi connectivity index (χ2v) is 9.22. The molecule has 0 heterocycles. The number of hydrogen-bond donors (Lipinski definition) is 2. The number of benzene rings is 3. The predicted molar refractivity (Wildman–Crippen MR) is 118 cm³/mol. The van der Waals surface area contributed by atoms with Crippen LogP contribution in [-0.4, -0.2) is 26.6 Å². The minimum absolute atomic E-state index is 0.0482. The fourth-order valence-corrected chi connectivity index (χ4v) is 4.61. The highest BCUT2D eigenvalue weighted by atomic mass is 32.2. The zero-order valence-corrected chi connectivity index (χ0v) is 17.6. The summed E-state index contributed by atoms with van der Waals surface area (Å²) in [5, 5.41) is 2.83. The monoisotopic (exact) mass is 426 g/mol. The summed E-state index contributed by atoms with van der Waals surface area (Å²) in [5.74, 6) is 0.425. The van der Waals surface area contributed by atoms with Gasteiger partial charge in [-0.05, 0) is 48.9 Å². The van der Waals surface area contributed by atoms with Crippen LogP contribution in [0.15, 0.2) is 88.7 Å². The van der Waals surface area contributed by atoms with Gasteiger partial charge < -0.3 is 5.32 Å². The number of carbonyl (C=O) groups excluding carboxylic acids is 1. The number of aryl methyl sites for hydroxylation is 1. The van der Waals surface area contributed by atoms with E-state index in [4.69, 9.17) is 0 Å². The zero-order valence-electron chi connectivity index (χ0n) is 16.0. The quantitative estimate of drug-likeness (QED) is 0.416. The summed E-state index contributed by atoms with van der Waals surface area (Å²) in [7, 11) is -3.79. The maximum atomic E-state index is 12.7. The number of thioether (sulfide) groups is 1. The van der Waals surface area contributed by atoms with Gasteiger partial charge in [0.15, 0.2) is 0 Å². The number of nitrogens with one attached hydrogen (secondary N) is 2. The number of hydrogen-bond acceptors (Lipinski definition) is 4. The van der Waals surface area contributed by atoms with Crippen molar-refractivity contribution < 1.29 is 13.2 Å². The van der Waals surface area contributed by atoms with Gasteiger partial charge in [-0.2, -0.15) is 0 Å². The molecule has 0 atom stereocenters. The van der Waals surface area contributed by atoms with E-state index in [0.29, 0.717) is 17.8 Å². The van der Waals surface area contributed by atoms with Crippen LogP contribution in [0, 0.1) is 6.92 Å². The van der Waals surface area contributed by atoms with Crippen LogP contribution >= 0.6 is 11.8 Å². The molecule has 0 aliphatic rings. The summed E-state index contributed by atoms with van der Waals surface area (Å²) in [6, 6.07) is 23.1. The van der Waals surface area contributed by atoms with Crippen LogP contribution in [0.1, 0.15) is 15.9 Å². The molecule has 1 amide bonds. The molecular weight excluding hydrogens is 404 g/mol. The minimum Gasteiger partial charge on any atom is -0.351 e. The Morgan fingerprint density at radius 2 is 1.66 bits per heavy atom. The molecule has 0 unspecified atom stereocenters. The highest BCUT2D eigenvalue weighted by Crippen LogP contribution is 2.20. The fraction of sp³-hybridized carbons (Fsp3) is 0.136. The van der Waals surface area contributed by atoms with E-state index in [2.05, 4.69) is 10.0 Å². The standard InChI is InChI=1S/C22H22N2O3S2/c1-17-8-5-6-13-21(17)24-29(26,27)20-12-7-9-18(16-20)22(25)23-14-15-28-19-10-3-2-4-11-19/h2-13,16,24H,14-15H2,1H3,(H,23,25). The van der Waals surface area contributed by atoms with Gasteiger partial charge in [-0.15, -0.1) is 11.8 Å². The van der Waals surface area contributed by atoms with Crippen LogP contribution in [0.3, 0.4) is 0 Å². The molecule has 3 aromatic carbocycles. The molecule has 0 aliphatic carbocycles. The van der Waals surface area contributed by atoms with Crippen LogP contribution < -0.4 is 10.0 Å². The van der Waals surface area contributed by atoms with Crippen molar-refractivity contribution in [2.45, 2.75) is 16.7 Å². The number of rotatable bonds is 8. The molecule has 0 aliphatic heterocycles. The SMILES string of the molecule is Cc1ccccc1NS(=O)(=O)c1cccc(C(=O)NCCSc2ccccc2)c1. The van der Waals surface area contributed by atoms with Crippen molar-refractivity contribution in [3.8, 4) is 0 Å². The van der Waals surface area contributed by atoms with E-state index in [1.807, 2.05) is 49.4 Å². The molecule has 0 radical (unpaired) electrons. The summed E-state index contributed by atoms with van der Waals surface area (Å²) < 4.78 is 28.0. The molecule has 0 saturated carbocycles. The first kappa shape index (κ1) is 21.0. The first-order valence-corrected chi connectivity index (χ1v) is 11.6. The number of carbonyl (C=O) groups is 1. The lowest BCUT2D eigenvalue weighted by atomic mass is 10.2. The highest BCUT2D eigenvalue weighted by Gasteiger charge is 2.17. The second-order valence-electron chi connectivity index (χ2n) is 6.37. The third-order valence-electron chi connectivity index (χ3n) is 4.20. The van der Waals surface area contributed by atoms with Crippen LogP contribution in [0.2, 0.25) is 0 Å². The lowest BCUT2D eigenvalue weighted by molar-refractivity contribution is 0.0956. The van der Waals surface area contributed by atoms with Gasteiger partial charge in [-0.25, -0.2) is 8.42 Å². The molecular formula is C22H22N2O3S2. The Morgan fingerprint density at radius 1 is 0.931 bits per heavy atom. The van der Waals surface area contributed by atoms with E-state index in [1.165, 1.54) is 12.1 Å². The van der Waals surface area contributed by atoms with Crippen molar-refractivity contribution in [2.24, 2.45) is 0 Å². The van der Waals surface area contributed by atoms with E-state index in [1.54, 1.807) is 36.0 Å². The number of amides is 1. The first-order chi connectivity index (χ1) is 14.0. The molecule has 0 fully saturated rings. The average Bonchev–Trinajstić information content (AvgIpc) is 2.73. The highest BCUT2D eigenvalue weighted by molar-refractivity contribution is 7.99. The zero-order chi connectivity index (χ0) is 20.7. The maximum absolute atomic E-state index is 12.7. The Hall–Kier alpha value is -2.77. The third kappa shape index (κ3) is 5.85. The average molecular weight is 427 g/mol. The normalized spacial score (nSPS) is 11.1. The Bertz CT molecular complexity index is 1080. The molecule has 0 saturated heterocycles. The van der Waals surface area contributed by atoms with Crippen LogP contribution in [0.25, 0.3) is 0 Å². The number of anilines is 1. The van der Waals surface area contributed by atoms with Gasteiger partial charge in [-0.3, -0.25) is 9.52 Å². The summed E-state index contributed by atoms with van der Waals surface area (Å²) in [6.45, 7) is 2.31. The molecule has 3 aromatic rings. The van der Waals surface area contributed by atoms with Gasteiger partial charge in [0.1, 0.15) is 0 Å². The topological polar surface area (TPSA) is 75.3 Å². The van der Waals surface area contributed by atoms with Gasteiger partial charge in [0, 0.05) is 22.8 Å². The van der Waals surface area contributed by atoms with E-state index < -0.39 is 10.0 Å². The first-order valence-electron chi connectivity index (χ1n) is 9.10. The summed E-state index contributed by atoms with van der Waals surface area (Å²) in [6.07, 6.45) is 0. The second kappa shape index (κ2) is 9.62. The fourth-order valence-electron chi connectivity index (χ4n) is 2.65. The molecule has 7 heteroatoms. The molecule has 29 heavy (non-hydrogen) atoms. The van der Waals surface area contributed by atoms with Gasteiger partial charge >= 0.3 is 0 Å². The van der Waals surface area contributed by atoms with Gasteiger partial charge in [0.25, 0.3) is 15.9 Å². The molecule has 5 nitrogen and oxygen atoms in total. The molecule has 0 bridgehead atoms. The maximum Gasteiger partial charge on any atom is 0.261 e. The lowest BCUT2D eigenvalue weighted by Gasteiger charge is -2.11. The smallest absolute Gasteiger partial charge is 0.261 e. The molecule has 0 aromatic heterocycles. The molecule has 3 rings (SSSR count). The van der Waals surface area contributed by atoms with Crippen molar-refractivity contribution in [1.29, 1.82) is 0 Å². The Balaban J connectivity index is 1.62. The Labute approximate surface area is 175 Å². The van der Waals surface area contributed by atoms with Crippen LogP contribution in [0.4, 0.5) is 5.69 Å². The number of para-hydroxylation sites is 1. The molecule has 150 valence electrons. The number of sulfonamides is 1. The van der Waals surface area contributed by atoms with Gasteiger partial charge in [0.05, 0.1) is 10.6 Å². The summed E-state index contributed by atoms with van der Waals surface area (Å²) in [4.78, 5) is 13.6. The predicted octanol–water partition coefficient (Wildman–Crippen LogP) is 4.32. The summed E-state index contributed by atoms with van der Waals surface area (Å²) in [5.41, 5.74) is 1.64. The van der Waals surface area contributed by atoms with E-state index in [0.717, 1.165) is 16.2 Å². The van der Waals surface area contributed by atoms with E-state index >= 15 is 0 Å². The minimum atomic E-state index is -3.79. The van der Waals surface area contributed by atoms with E-state index in [-0.39, 0.29) is 10.8 Å². The van der Waals surface area contributed by atoms with Crippen molar-refractivity contribution in [2.75, 3.05) is 17.0 Å². The van der Waals surface area contributed by atoms with Crippen molar-refractivity contribution in [1.82, 2.24) is 5.32 Å². The van der Waals surface area contributed by atoms with Gasteiger partial charge in [-0.1, -0.05) is 42.5 Å². The molecule has 0 spiro atoms.